The van der Waals surface area contributed by atoms with E-state index in [4.69, 9.17) is 14.2 Å². The molecule has 9 heteroatoms. The van der Waals surface area contributed by atoms with Crippen LogP contribution in [0.1, 0.15) is 68.9 Å². The molecule has 0 N–H and O–H groups in total. The zero-order chi connectivity index (χ0) is 28.4. The summed E-state index contributed by atoms with van der Waals surface area (Å²) in [5.74, 6) is 1.14. The highest BCUT2D eigenvalue weighted by Gasteiger charge is 2.22. The predicted molar refractivity (Wildman–Crippen MR) is 156 cm³/mol. The van der Waals surface area contributed by atoms with Crippen LogP contribution in [-0.4, -0.2) is 72.2 Å². The number of rotatable bonds is 5. The summed E-state index contributed by atoms with van der Waals surface area (Å²) in [5, 5.41) is 0. The molecule has 0 spiro atoms. The first-order valence-corrected chi connectivity index (χ1v) is 14.9. The Balaban J connectivity index is 1.28. The van der Waals surface area contributed by atoms with E-state index in [2.05, 4.69) is 0 Å². The number of benzene rings is 2. The molecule has 218 valence electrons. The number of piperidine rings is 3. The average molecular weight is 562 g/mol. The van der Waals surface area contributed by atoms with Gasteiger partial charge in [-0.15, -0.1) is 0 Å². The number of carbonyl (C=O) groups is 3. The first-order chi connectivity index (χ1) is 20.0. The molecule has 5 rings (SSSR count). The van der Waals surface area contributed by atoms with Crippen LogP contribution in [0.3, 0.4) is 0 Å². The number of likely N-dealkylation sites (tertiary alicyclic amines) is 3. The lowest BCUT2D eigenvalue weighted by atomic mass is 10.1. The summed E-state index contributed by atoms with van der Waals surface area (Å²) in [6.07, 6.45) is 11.9. The highest BCUT2D eigenvalue weighted by molar-refractivity contribution is 5.76. The van der Waals surface area contributed by atoms with Crippen molar-refractivity contribution < 1.29 is 28.6 Å². The fraction of sp³-hybridized carbons (Fsp3) is 0.469. The fourth-order valence-electron chi connectivity index (χ4n) is 5.37. The van der Waals surface area contributed by atoms with Crippen LogP contribution in [0.2, 0.25) is 0 Å². The van der Waals surface area contributed by atoms with Crippen molar-refractivity contribution in [3.63, 3.8) is 0 Å². The molecule has 0 aromatic heterocycles. The van der Waals surface area contributed by atoms with E-state index in [9.17, 15) is 14.4 Å². The van der Waals surface area contributed by atoms with E-state index in [-0.39, 0.29) is 6.09 Å². The van der Waals surface area contributed by atoms with Crippen LogP contribution in [0.25, 0.3) is 12.2 Å². The Labute approximate surface area is 241 Å². The van der Waals surface area contributed by atoms with Gasteiger partial charge >= 0.3 is 18.3 Å². The fourth-order valence-corrected chi connectivity index (χ4v) is 5.37. The highest BCUT2D eigenvalue weighted by atomic mass is 16.6. The van der Waals surface area contributed by atoms with E-state index in [1.807, 2.05) is 24.3 Å². The molecule has 9 nitrogen and oxygen atoms in total. The van der Waals surface area contributed by atoms with Crippen LogP contribution < -0.4 is 14.2 Å². The lowest BCUT2D eigenvalue weighted by Gasteiger charge is -2.26. The van der Waals surface area contributed by atoms with Crippen molar-refractivity contribution >= 4 is 30.4 Å². The van der Waals surface area contributed by atoms with Crippen LogP contribution >= 0.6 is 0 Å². The van der Waals surface area contributed by atoms with Crippen LogP contribution in [-0.2, 0) is 0 Å². The topological polar surface area (TPSA) is 88.6 Å². The third-order valence-corrected chi connectivity index (χ3v) is 7.71. The van der Waals surface area contributed by atoms with E-state index in [0.29, 0.717) is 43.4 Å². The maximum atomic E-state index is 12.8. The molecule has 3 saturated heterocycles. The molecule has 3 amide bonds. The van der Waals surface area contributed by atoms with E-state index < -0.39 is 12.2 Å². The molecule has 0 aliphatic carbocycles. The maximum Gasteiger partial charge on any atom is 0.415 e. The first-order valence-electron chi connectivity index (χ1n) is 14.9. The second-order valence-corrected chi connectivity index (χ2v) is 10.9. The Bertz CT molecular complexity index is 1180. The van der Waals surface area contributed by atoms with Gasteiger partial charge in [-0.1, -0.05) is 24.3 Å². The Morgan fingerprint density at radius 3 is 1.24 bits per heavy atom. The van der Waals surface area contributed by atoms with Gasteiger partial charge in [0.15, 0.2) is 0 Å². The number of ether oxygens (including phenoxy) is 3. The number of nitrogens with zero attached hydrogens (tertiary/aromatic N) is 3. The minimum absolute atomic E-state index is 0.310. The van der Waals surface area contributed by atoms with Crippen molar-refractivity contribution in [3.05, 3.63) is 53.6 Å². The number of hydrogen-bond donors (Lipinski definition) is 0. The molecule has 0 radical (unpaired) electrons. The van der Waals surface area contributed by atoms with Crippen molar-refractivity contribution in [2.24, 2.45) is 0 Å². The number of carbonyl (C=O) groups excluding carboxylic acids is 3. The smallest absolute Gasteiger partial charge is 0.410 e. The second kappa shape index (κ2) is 14.1. The van der Waals surface area contributed by atoms with Crippen molar-refractivity contribution in [3.8, 4) is 17.2 Å². The standard InChI is InChI=1S/C32H39N3O6/c36-30(33-16-4-1-5-17-33)39-27-14-12-25(13-15-27)10-11-26-22-28(40-31(37)34-18-6-2-7-19-34)24-29(23-26)41-32(38)35-20-8-3-9-21-35/h10-15,22-24H,1-9,16-21H2/b11-10+. The van der Waals surface area contributed by atoms with E-state index in [0.717, 1.165) is 82.0 Å². The predicted octanol–water partition coefficient (Wildman–Crippen LogP) is 6.81. The molecule has 0 atom stereocenters. The Hall–Kier alpha value is -4.01. The minimum Gasteiger partial charge on any atom is -0.410 e. The summed E-state index contributed by atoms with van der Waals surface area (Å²) >= 11 is 0. The van der Waals surface area contributed by atoms with Crippen molar-refractivity contribution in [2.75, 3.05) is 39.3 Å². The molecular formula is C32H39N3O6. The van der Waals surface area contributed by atoms with Crippen LogP contribution in [0.4, 0.5) is 14.4 Å². The molecule has 2 aromatic rings. The molecule has 0 saturated carbocycles. The van der Waals surface area contributed by atoms with E-state index in [1.165, 1.54) is 0 Å². The van der Waals surface area contributed by atoms with Crippen molar-refractivity contribution in [1.82, 2.24) is 14.7 Å². The van der Waals surface area contributed by atoms with Gasteiger partial charge in [-0.05, 0) is 93.2 Å². The van der Waals surface area contributed by atoms with Gasteiger partial charge < -0.3 is 28.9 Å². The van der Waals surface area contributed by atoms with Gasteiger partial charge in [0.05, 0.1) is 0 Å². The SMILES string of the molecule is O=C(Oc1ccc(/C=C/c2cc(OC(=O)N3CCCCC3)cc(OC(=O)N3CCCCC3)c2)cc1)N1CCCCC1. The Morgan fingerprint density at radius 2 is 0.829 bits per heavy atom. The third-order valence-electron chi connectivity index (χ3n) is 7.71. The molecule has 3 fully saturated rings. The number of hydrogen-bond acceptors (Lipinski definition) is 6. The van der Waals surface area contributed by atoms with E-state index in [1.54, 1.807) is 45.0 Å². The average Bonchev–Trinajstić information content (AvgIpc) is 3.02. The molecule has 3 aliphatic heterocycles. The lowest BCUT2D eigenvalue weighted by Crippen LogP contribution is -2.38. The van der Waals surface area contributed by atoms with Crippen LogP contribution in [0, 0.1) is 0 Å². The van der Waals surface area contributed by atoms with Gasteiger partial charge in [0, 0.05) is 45.3 Å². The first kappa shape index (κ1) is 28.5. The summed E-state index contributed by atoms with van der Waals surface area (Å²) in [6, 6.07) is 12.4. The third kappa shape index (κ3) is 8.25. The maximum absolute atomic E-state index is 12.8. The van der Waals surface area contributed by atoms with Crippen molar-refractivity contribution in [2.45, 2.75) is 57.8 Å². The van der Waals surface area contributed by atoms with Crippen molar-refractivity contribution in [1.29, 1.82) is 0 Å². The molecule has 3 heterocycles. The minimum atomic E-state index is -0.395. The summed E-state index contributed by atoms with van der Waals surface area (Å²) in [5.41, 5.74) is 1.61. The van der Waals surface area contributed by atoms with Crippen LogP contribution in [0.15, 0.2) is 42.5 Å². The zero-order valence-electron chi connectivity index (χ0n) is 23.6. The number of amides is 3. The zero-order valence-corrected chi connectivity index (χ0v) is 23.6. The molecule has 3 aliphatic rings. The second-order valence-electron chi connectivity index (χ2n) is 10.9. The molecule has 0 unspecified atom stereocenters. The van der Waals surface area contributed by atoms with Gasteiger partial charge in [0.25, 0.3) is 0 Å². The molecule has 0 bridgehead atoms. The summed E-state index contributed by atoms with van der Waals surface area (Å²) in [7, 11) is 0. The lowest BCUT2D eigenvalue weighted by molar-refractivity contribution is 0.140. The quantitative estimate of drug-likeness (QED) is 0.373. The summed E-state index contributed by atoms with van der Waals surface area (Å²) in [4.78, 5) is 43.1. The van der Waals surface area contributed by atoms with Gasteiger partial charge in [0.2, 0.25) is 0 Å². The van der Waals surface area contributed by atoms with Gasteiger partial charge in [-0.3, -0.25) is 0 Å². The molecule has 41 heavy (non-hydrogen) atoms. The van der Waals surface area contributed by atoms with Gasteiger partial charge in [0.1, 0.15) is 17.2 Å². The Kier molecular flexibility index (Phi) is 9.78. The normalized spacial score (nSPS) is 17.8. The van der Waals surface area contributed by atoms with Gasteiger partial charge in [-0.2, -0.15) is 0 Å². The van der Waals surface area contributed by atoms with E-state index >= 15 is 0 Å². The summed E-state index contributed by atoms with van der Waals surface area (Å²) < 4.78 is 17.0. The van der Waals surface area contributed by atoms with Gasteiger partial charge in [-0.25, -0.2) is 14.4 Å². The largest absolute Gasteiger partial charge is 0.415 e. The molecule has 2 aromatic carbocycles. The summed E-state index contributed by atoms with van der Waals surface area (Å²) in [6.45, 7) is 4.19. The monoisotopic (exact) mass is 561 g/mol. The Morgan fingerprint density at radius 1 is 0.463 bits per heavy atom. The highest BCUT2D eigenvalue weighted by Crippen LogP contribution is 2.27. The van der Waals surface area contributed by atoms with Crippen LogP contribution in [0.5, 0.6) is 17.2 Å². The molecular weight excluding hydrogens is 522 g/mol.